The number of fused-ring (bicyclic) bond motifs is 1. The molecule has 1 amide bonds. The molecular formula is C26H26N2O2. The van der Waals surface area contributed by atoms with Gasteiger partial charge in [0.25, 0.3) is 5.91 Å². The van der Waals surface area contributed by atoms with Crippen molar-refractivity contribution in [1.82, 2.24) is 4.98 Å². The number of amides is 1. The maximum atomic E-state index is 12.6. The molecule has 0 aliphatic rings. The summed E-state index contributed by atoms with van der Waals surface area (Å²) in [5, 5.41) is 2.95. The Morgan fingerprint density at radius 1 is 0.967 bits per heavy atom. The first kappa shape index (κ1) is 19.9. The molecule has 152 valence electrons. The molecule has 0 aliphatic carbocycles. The van der Waals surface area contributed by atoms with Gasteiger partial charge in [-0.3, -0.25) is 4.79 Å². The third kappa shape index (κ3) is 4.13. The van der Waals surface area contributed by atoms with E-state index in [0.29, 0.717) is 22.7 Å². The minimum Gasteiger partial charge on any atom is -0.436 e. The summed E-state index contributed by atoms with van der Waals surface area (Å²) in [4.78, 5) is 17.2. The van der Waals surface area contributed by atoms with Gasteiger partial charge < -0.3 is 9.73 Å². The monoisotopic (exact) mass is 398 g/mol. The van der Waals surface area contributed by atoms with Gasteiger partial charge in [0, 0.05) is 22.9 Å². The molecule has 0 atom stereocenters. The highest BCUT2D eigenvalue weighted by Gasteiger charge is 2.15. The molecule has 0 aliphatic heterocycles. The smallest absolute Gasteiger partial charge is 0.255 e. The minimum atomic E-state index is -0.148. The van der Waals surface area contributed by atoms with E-state index in [9.17, 15) is 4.79 Å². The van der Waals surface area contributed by atoms with Crippen molar-refractivity contribution in [1.29, 1.82) is 0 Å². The van der Waals surface area contributed by atoms with E-state index >= 15 is 0 Å². The maximum absolute atomic E-state index is 12.6. The van der Waals surface area contributed by atoms with Crippen LogP contribution in [0.1, 0.15) is 49.2 Å². The first-order valence-corrected chi connectivity index (χ1v) is 10.3. The second-order valence-electron chi connectivity index (χ2n) is 8.53. The van der Waals surface area contributed by atoms with Gasteiger partial charge in [0.15, 0.2) is 5.58 Å². The number of oxazole rings is 1. The molecule has 0 bridgehead atoms. The van der Waals surface area contributed by atoms with Gasteiger partial charge in [0.2, 0.25) is 5.89 Å². The Hall–Kier alpha value is -3.40. The van der Waals surface area contributed by atoms with Gasteiger partial charge in [0.1, 0.15) is 5.52 Å². The topological polar surface area (TPSA) is 55.1 Å². The summed E-state index contributed by atoms with van der Waals surface area (Å²) in [5.74, 6) is 0.429. The van der Waals surface area contributed by atoms with E-state index in [0.717, 1.165) is 17.5 Å². The number of hydrogen-bond acceptors (Lipinski definition) is 3. The van der Waals surface area contributed by atoms with Crippen molar-refractivity contribution in [3.8, 4) is 11.5 Å². The fraction of sp³-hybridized carbons (Fsp3) is 0.231. The number of nitrogens with zero attached hydrogens (tertiary/aromatic N) is 1. The molecule has 0 radical (unpaired) electrons. The van der Waals surface area contributed by atoms with Crippen molar-refractivity contribution in [3.05, 3.63) is 83.4 Å². The molecule has 0 saturated carbocycles. The third-order valence-electron chi connectivity index (χ3n) is 5.27. The van der Waals surface area contributed by atoms with Crippen LogP contribution in [0.15, 0.2) is 71.1 Å². The van der Waals surface area contributed by atoms with Gasteiger partial charge in [-0.15, -0.1) is 0 Å². The van der Waals surface area contributed by atoms with Crippen LogP contribution in [0, 0.1) is 0 Å². The molecule has 4 heteroatoms. The summed E-state index contributed by atoms with van der Waals surface area (Å²) in [6, 6.07) is 21.5. The van der Waals surface area contributed by atoms with Crippen LogP contribution in [0.25, 0.3) is 22.6 Å². The molecule has 30 heavy (non-hydrogen) atoms. The van der Waals surface area contributed by atoms with E-state index in [-0.39, 0.29) is 11.3 Å². The standard InChI is InChI=1S/C26H26N2O2/c1-5-17-6-8-19(9-7-17)25-28-22-15-14-21(16-23(22)30-25)27-24(29)18-10-12-20(13-11-18)26(2,3)4/h6-16H,5H2,1-4H3,(H,27,29). The molecule has 1 N–H and O–H groups in total. The molecule has 0 unspecified atom stereocenters. The average Bonchev–Trinajstić information content (AvgIpc) is 3.16. The number of nitrogens with one attached hydrogen (secondary N) is 1. The van der Waals surface area contributed by atoms with Gasteiger partial charge in [0.05, 0.1) is 0 Å². The lowest BCUT2D eigenvalue weighted by Crippen LogP contribution is -2.14. The van der Waals surface area contributed by atoms with Crippen molar-refractivity contribution in [2.24, 2.45) is 0 Å². The lowest BCUT2D eigenvalue weighted by atomic mass is 9.87. The zero-order valence-electron chi connectivity index (χ0n) is 17.8. The Morgan fingerprint density at radius 2 is 1.67 bits per heavy atom. The first-order valence-electron chi connectivity index (χ1n) is 10.3. The highest BCUT2D eigenvalue weighted by molar-refractivity contribution is 6.05. The Morgan fingerprint density at radius 3 is 2.30 bits per heavy atom. The van der Waals surface area contributed by atoms with E-state index < -0.39 is 0 Å². The Kier molecular flexibility index (Phi) is 5.17. The van der Waals surface area contributed by atoms with Gasteiger partial charge in [-0.25, -0.2) is 4.98 Å². The lowest BCUT2D eigenvalue weighted by molar-refractivity contribution is 0.102. The fourth-order valence-corrected chi connectivity index (χ4v) is 3.33. The van der Waals surface area contributed by atoms with E-state index in [1.165, 1.54) is 11.1 Å². The van der Waals surface area contributed by atoms with Crippen molar-refractivity contribution in [2.45, 2.75) is 39.5 Å². The van der Waals surface area contributed by atoms with Gasteiger partial charge in [-0.1, -0.05) is 52.0 Å². The summed E-state index contributed by atoms with van der Waals surface area (Å²) < 4.78 is 5.95. The second-order valence-corrected chi connectivity index (χ2v) is 8.53. The molecule has 1 aromatic heterocycles. The molecular weight excluding hydrogens is 372 g/mol. The van der Waals surface area contributed by atoms with Gasteiger partial charge >= 0.3 is 0 Å². The normalized spacial score (nSPS) is 11.6. The van der Waals surface area contributed by atoms with Crippen LogP contribution in [0.3, 0.4) is 0 Å². The van der Waals surface area contributed by atoms with Crippen molar-refractivity contribution < 1.29 is 9.21 Å². The SMILES string of the molecule is CCc1ccc(-c2nc3ccc(NC(=O)c4ccc(C(C)(C)C)cc4)cc3o2)cc1. The van der Waals surface area contributed by atoms with E-state index in [1.54, 1.807) is 0 Å². The largest absolute Gasteiger partial charge is 0.436 e. The van der Waals surface area contributed by atoms with E-state index in [2.05, 4.69) is 50.1 Å². The number of benzene rings is 3. The zero-order chi connectivity index (χ0) is 21.3. The van der Waals surface area contributed by atoms with Crippen LogP contribution in [0.5, 0.6) is 0 Å². The van der Waals surface area contributed by atoms with Crippen molar-refractivity contribution in [2.75, 3.05) is 5.32 Å². The fourth-order valence-electron chi connectivity index (χ4n) is 3.33. The second kappa shape index (κ2) is 7.79. The first-order chi connectivity index (χ1) is 14.3. The quantitative estimate of drug-likeness (QED) is 0.421. The molecule has 0 fully saturated rings. The van der Waals surface area contributed by atoms with Gasteiger partial charge in [-0.05, 0) is 59.4 Å². The summed E-state index contributed by atoms with van der Waals surface area (Å²) >= 11 is 0. The number of carbonyl (C=O) groups excluding carboxylic acids is 1. The molecule has 1 heterocycles. The molecule has 0 spiro atoms. The number of rotatable bonds is 4. The van der Waals surface area contributed by atoms with Gasteiger partial charge in [-0.2, -0.15) is 0 Å². The number of aromatic nitrogens is 1. The summed E-state index contributed by atoms with van der Waals surface area (Å²) in [6.45, 7) is 8.59. The number of carbonyl (C=O) groups is 1. The molecule has 3 aromatic carbocycles. The van der Waals surface area contributed by atoms with Crippen LogP contribution in [-0.4, -0.2) is 10.9 Å². The predicted octanol–water partition coefficient (Wildman–Crippen LogP) is 6.61. The highest BCUT2D eigenvalue weighted by atomic mass is 16.3. The van der Waals surface area contributed by atoms with Crippen LogP contribution >= 0.6 is 0 Å². The lowest BCUT2D eigenvalue weighted by Gasteiger charge is -2.19. The van der Waals surface area contributed by atoms with Crippen LogP contribution in [0.2, 0.25) is 0 Å². The van der Waals surface area contributed by atoms with Crippen LogP contribution in [0.4, 0.5) is 5.69 Å². The molecule has 0 saturated heterocycles. The highest BCUT2D eigenvalue weighted by Crippen LogP contribution is 2.27. The Balaban J connectivity index is 1.54. The Bertz CT molecular complexity index is 1180. The minimum absolute atomic E-state index is 0.0564. The third-order valence-corrected chi connectivity index (χ3v) is 5.27. The van der Waals surface area contributed by atoms with E-state index in [1.807, 2.05) is 54.6 Å². The molecule has 4 aromatic rings. The number of aryl methyl sites for hydroxylation is 1. The number of hydrogen-bond donors (Lipinski definition) is 1. The summed E-state index contributed by atoms with van der Waals surface area (Å²) in [7, 11) is 0. The van der Waals surface area contributed by atoms with Crippen LogP contribution < -0.4 is 5.32 Å². The number of anilines is 1. The summed E-state index contributed by atoms with van der Waals surface area (Å²) in [6.07, 6.45) is 0.996. The van der Waals surface area contributed by atoms with Crippen molar-refractivity contribution >= 4 is 22.7 Å². The molecule has 4 rings (SSSR count). The Labute approximate surface area is 177 Å². The summed E-state index contributed by atoms with van der Waals surface area (Å²) in [5.41, 5.74) is 6.17. The predicted molar refractivity (Wildman–Crippen MR) is 122 cm³/mol. The van der Waals surface area contributed by atoms with Crippen LogP contribution in [-0.2, 0) is 11.8 Å². The van der Waals surface area contributed by atoms with Crippen molar-refractivity contribution in [3.63, 3.8) is 0 Å². The van der Waals surface area contributed by atoms with E-state index in [4.69, 9.17) is 4.42 Å². The molecule has 4 nitrogen and oxygen atoms in total. The average molecular weight is 399 g/mol. The zero-order valence-corrected chi connectivity index (χ0v) is 17.8. The maximum Gasteiger partial charge on any atom is 0.255 e.